The van der Waals surface area contributed by atoms with Gasteiger partial charge in [0, 0.05) is 0 Å². The Kier molecular flexibility index (Phi) is 4.37. The molecule has 1 aromatic rings. The highest BCUT2D eigenvalue weighted by Gasteiger charge is 2.17. The molecule has 0 spiro atoms. The fourth-order valence-corrected chi connectivity index (χ4v) is 2.02. The Labute approximate surface area is 102 Å². The van der Waals surface area contributed by atoms with Crippen molar-refractivity contribution >= 4 is 5.97 Å². The Balaban J connectivity index is 1.84. The van der Waals surface area contributed by atoms with E-state index < -0.39 is 0 Å². The van der Waals surface area contributed by atoms with E-state index in [0.29, 0.717) is 6.61 Å². The summed E-state index contributed by atoms with van der Waals surface area (Å²) in [5.74, 6) is -0.131. The van der Waals surface area contributed by atoms with Gasteiger partial charge in [-0.2, -0.15) is 0 Å². The number of benzene rings is 1. The van der Waals surface area contributed by atoms with Crippen molar-refractivity contribution in [3.63, 3.8) is 0 Å². The van der Waals surface area contributed by atoms with Gasteiger partial charge >= 0.3 is 5.97 Å². The number of hydrogen-bond acceptors (Lipinski definition) is 2. The molecular formula is C15H18O2. The summed E-state index contributed by atoms with van der Waals surface area (Å²) in [5, 5.41) is 0. The van der Waals surface area contributed by atoms with Crippen LogP contribution in [-0.4, -0.2) is 5.97 Å². The molecule has 0 aromatic heterocycles. The van der Waals surface area contributed by atoms with Crippen molar-refractivity contribution in [3.05, 3.63) is 48.0 Å². The van der Waals surface area contributed by atoms with Gasteiger partial charge in [-0.15, -0.1) is 0 Å². The molecule has 1 aromatic carbocycles. The molecule has 0 bridgehead atoms. The predicted molar refractivity (Wildman–Crippen MR) is 67.3 cm³/mol. The number of rotatable bonds is 3. The minimum atomic E-state index is -0.0907. The first-order chi connectivity index (χ1) is 8.36. The van der Waals surface area contributed by atoms with Gasteiger partial charge in [-0.3, -0.25) is 4.79 Å². The quantitative estimate of drug-likeness (QED) is 0.587. The third-order valence-electron chi connectivity index (χ3n) is 3.03. The second kappa shape index (κ2) is 6.24. The molecule has 0 saturated carbocycles. The van der Waals surface area contributed by atoms with Gasteiger partial charge in [0.15, 0.2) is 0 Å². The average Bonchev–Trinajstić information content (AvgIpc) is 2.66. The third-order valence-corrected chi connectivity index (χ3v) is 3.03. The average molecular weight is 230 g/mol. The molecule has 0 N–H and O–H groups in total. The van der Waals surface area contributed by atoms with Crippen LogP contribution in [0.3, 0.4) is 0 Å². The molecular weight excluding hydrogens is 212 g/mol. The summed E-state index contributed by atoms with van der Waals surface area (Å²) in [6.45, 7) is 0.379. The lowest BCUT2D eigenvalue weighted by Gasteiger charge is -2.10. The first-order valence-corrected chi connectivity index (χ1v) is 6.23. The first kappa shape index (κ1) is 11.9. The van der Waals surface area contributed by atoms with Gasteiger partial charge in [-0.05, 0) is 24.8 Å². The van der Waals surface area contributed by atoms with Gasteiger partial charge in [-0.25, -0.2) is 0 Å². The Hall–Kier alpha value is -1.57. The summed E-state index contributed by atoms with van der Waals surface area (Å²) in [6.07, 6.45) is 8.39. The van der Waals surface area contributed by atoms with Gasteiger partial charge in [0.25, 0.3) is 0 Å². The summed E-state index contributed by atoms with van der Waals surface area (Å²) in [7, 11) is 0. The molecule has 17 heavy (non-hydrogen) atoms. The number of hydrogen-bond donors (Lipinski definition) is 0. The van der Waals surface area contributed by atoms with Crippen LogP contribution >= 0.6 is 0 Å². The summed E-state index contributed by atoms with van der Waals surface area (Å²) < 4.78 is 5.33. The monoisotopic (exact) mass is 230 g/mol. The normalized spacial score (nSPS) is 19.6. The SMILES string of the molecule is O=C(OCc1ccccc1)C1C=CCCCC1. The van der Waals surface area contributed by atoms with E-state index in [9.17, 15) is 4.79 Å². The number of carbonyl (C=O) groups is 1. The fraction of sp³-hybridized carbons (Fsp3) is 0.400. The smallest absolute Gasteiger partial charge is 0.313 e. The number of esters is 1. The van der Waals surface area contributed by atoms with Crippen molar-refractivity contribution in [2.24, 2.45) is 5.92 Å². The minimum absolute atomic E-state index is 0.0405. The molecule has 1 aliphatic carbocycles. The van der Waals surface area contributed by atoms with E-state index in [1.165, 1.54) is 6.42 Å². The van der Waals surface area contributed by atoms with Gasteiger partial charge in [0.2, 0.25) is 0 Å². The van der Waals surface area contributed by atoms with Gasteiger partial charge < -0.3 is 4.74 Å². The molecule has 1 atom stereocenters. The highest BCUT2D eigenvalue weighted by Crippen LogP contribution is 2.18. The van der Waals surface area contributed by atoms with E-state index in [0.717, 1.165) is 24.8 Å². The van der Waals surface area contributed by atoms with Gasteiger partial charge in [-0.1, -0.05) is 48.9 Å². The van der Waals surface area contributed by atoms with Crippen LogP contribution in [-0.2, 0) is 16.1 Å². The lowest BCUT2D eigenvalue weighted by atomic mass is 10.0. The van der Waals surface area contributed by atoms with Crippen LogP contribution in [0.5, 0.6) is 0 Å². The Morgan fingerprint density at radius 2 is 2.06 bits per heavy atom. The number of ether oxygens (including phenoxy) is 1. The molecule has 2 rings (SSSR count). The van der Waals surface area contributed by atoms with Gasteiger partial charge in [0.05, 0.1) is 5.92 Å². The van der Waals surface area contributed by atoms with E-state index in [4.69, 9.17) is 4.74 Å². The second-order valence-electron chi connectivity index (χ2n) is 4.41. The van der Waals surface area contributed by atoms with E-state index in [-0.39, 0.29) is 11.9 Å². The highest BCUT2D eigenvalue weighted by atomic mass is 16.5. The van der Waals surface area contributed by atoms with Crippen LogP contribution in [0.4, 0.5) is 0 Å². The van der Waals surface area contributed by atoms with Crippen molar-refractivity contribution < 1.29 is 9.53 Å². The first-order valence-electron chi connectivity index (χ1n) is 6.23. The summed E-state index contributed by atoms with van der Waals surface area (Å²) in [5.41, 5.74) is 1.04. The third kappa shape index (κ3) is 3.74. The van der Waals surface area contributed by atoms with Crippen LogP contribution in [0.25, 0.3) is 0 Å². The van der Waals surface area contributed by atoms with Crippen LogP contribution in [0.1, 0.15) is 31.2 Å². The Morgan fingerprint density at radius 3 is 2.88 bits per heavy atom. The predicted octanol–water partition coefficient (Wildman–Crippen LogP) is 3.48. The molecule has 0 heterocycles. The van der Waals surface area contributed by atoms with Crippen molar-refractivity contribution in [1.29, 1.82) is 0 Å². The molecule has 90 valence electrons. The minimum Gasteiger partial charge on any atom is -0.460 e. The van der Waals surface area contributed by atoms with Gasteiger partial charge in [0.1, 0.15) is 6.61 Å². The van der Waals surface area contributed by atoms with Crippen LogP contribution < -0.4 is 0 Å². The molecule has 0 amide bonds. The zero-order valence-electron chi connectivity index (χ0n) is 9.97. The van der Waals surface area contributed by atoms with E-state index in [1.54, 1.807) is 0 Å². The molecule has 0 saturated heterocycles. The standard InChI is InChI=1S/C15H18O2/c16-15(14-10-6-1-2-7-11-14)17-12-13-8-4-3-5-9-13/h3-6,8-10,14H,1-2,7,11-12H2. The van der Waals surface area contributed by atoms with Crippen molar-refractivity contribution in [2.75, 3.05) is 0 Å². The molecule has 0 aliphatic heterocycles. The lowest BCUT2D eigenvalue weighted by Crippen LogP contribution is -2.15. The van der Waals surface area contributed by atoms with Crippen molar-refractivity contribution in [3.8, 4) is 0 Å². The van der Waals surface area contributed by atoms with E-state index >= 15 is 0 Å². The Bertz CT molecular complexity index is 381. The van der Waals surface area contributed by atoms with E-state index in [2.05, 4.69) is 6.08 Å². The Morgan fingerprint density at radius 1 is 1.24 bits per heavy atom. The summed E-state index contributed by atoms with van der Waals surface area (Å²) in [4.78, 5) is 11.9. The maximum absolute atomic E-state index is 11.9. The maximum atomic E-state index is 11.9. The molecule has 1 unspecified atom stereocenters. The maximum Gasteiger partial charge on any atom is 0.313 e. The molecule has 2 nitrogen and oxygen atoms in total. The van der Waals surface area contributed by atoms with Crippen LogP contribution in [0.15, 0.2) is 42.5 Å². The number of carbonyl (C=O) groups excluding carboxylic acids is 1. The largest absolute Gasteiger partial charge is 0.460 e. The fourth-order valence-electron chi connectivity index (χ4n) is 2.02. The summed E-state index contributed by atoms with van der Waals surface area (Å²) >= 11 is 0. The van der Waals surface area contributed by atoms with Crippen LogP contribution in [0, 0.1) is 5.92 Å². The zero-order chi connectivity index (χ0) is 11.9. The zero-order valence-corrected chi connectivity index (χ0v) is 9.97. The lowest BCUT2D eigenvalue weighted by molar-refractivity contribution is -0.148. The number of allylic oxidation sites excluding steroid dienone is 1. The molecule has 0 fully saturated rings. The molecule has 2 heteroatoms. The van der Waals surface area contributed by atoms with Crippen molar-refractivity contribution in [2.45, 2.75) is 32.3 Å². The van der Waals surface area contributed by atoms with Crippen molar-refractivity contribution in [1.82, 2.24) is 0 Å². The second-order valence-corrected chi connectivity index (χ2v) is 4.41. The highest BCUT2D eigenvalue weighted by molar-refractivity contribution is 5.74. The van der Waals surface area contributed by atoms with Crippen LogP contribution in [0.2, 0.25) is 0 Å². The topological polar surface area (TPSA) is 26.3 Å². The molecule has 0 radical (unpaired) electrons. The van der Waals surface area contributed by atoms with E-state index in [1.807, 2.05) is 36.4 Å². The summed E-state index contributed by atoms with van der Waals surface area (Å²) in [6, 6.07) is 9.80. The molecule has 1 aliphatic rings.